The molecule has 0 saturated carbocycles. The van der Waals surface area contributed by atoms with Gasteiger partial charge in [-0.3, -0.25) is 4.72 Å². The molecule has 6 nitrogen and oxygen atoms in total. The first-order valence-corrected chi connectivity index (χ1v) is 6.86. The fourth-order valence-corrected chi connectivity index (χ4v) is 2.60. The van der Waals surface area contributed by atoms with Gasteiger partial charge in [0, 0.05) is 6.07 Å². The van der Waals surface area contributed by atoms with Gasteiger partial charge in [-0.2, -0.15) is 0 Å². The van der Waals surface area contributed by atoms with Gasteiger partial charge in [0.15, 0.2) is 11.5 Å². The van der Waals surface area contributed by atoms with Gasteiger partial charge in [-0.15, -0.1) is 0 Å². The van der Waals surface area contributed by atoms with E-state index in [1.807, 2.05) is 0 Å². The summed E-state index contributed by atoms with van der Waals surface area (Å²) in [7, 11) is -3.34. The smallest absolute Gasteiger partial charge is 0.232 e. The first-order chi connectivity index (χ1) is 8.11. The molecular weight excluding hydrogens is 244 g/mol. The van der Waals surface area contributed by atoms with Crippen molar-refractivity contribution < 1.29 is 17.9 Å². The van der Waals surface area contributed by atoms with Crippen molar-refractivity contribution in [3.05, 3.63) is 18.2 Å². The lowest BCUT2D eigenvalue weighted by Crippen LogP contribution is -2.18. The zero-order valence-corrected chi connectivity index (χ0v) is 10.00. The molecule has 0 spiro atoms. The van der Waals surface area contributed by atoms with Crippen molar-refractivity contribution in [2.75, 3.05) is 23.8 Å². The second-order valence-electron chi connectivity index (χ2n) is 3.63. The number of benzene rings is 1. The zero-order chi connectivity index (χ0) is 12.3. The third kappa shape index (κ3) is 3.01. The molecule has 0 saturated heterocycles. The van der Waals surface area contributed by atoms with E-state index in [-0.39, 0.29) is 12.5 Å². The molecule has 7 heteroatoms. The minimum absolute atomic E-state index is 0.0118. The Hall–Kier alpha value is -1.47. The lowest BCUT2D eigenvalue weighted by atomic mass is 10.3. The van der Waals surface area contributed by atoms with Crippen molar-refractivity contribution in [1.29, 1.82) is 0 Å². The van der Waals surface area contributed by atoms with Gasteiger partial charge in [0.05, 0.1) is 11.4 Å². The number of nitrogens with one attached hydrogen (secondary N) is 1. The molecule has 0 bridgehead atoms. The molecule has 0 aromatic heterocycles. The summed E-state index contributed by atoms with van der Waals surface area (Å²) >= 11 is 0. The Morgan fingerprint density at radius 2 is 2.06 bits per heavy atom. The summed E-state index contributed by atoms with van der Waals surface area (Å²) < 4.78 is 36.0. The standard InChI is InChI=1S/C10H14N2O4S/c11-4-1-5-17(13,14)12-8-2-3-9-10(6-8)16-7-15-9/h2-3,6,12H,1,4-5,7,11H2. The fraction of sp³-hybridized carbons (Fsp3) is 0.400. The molecule has 1 heterocycles. The van der Waals surface area contributed by atoms with E-state index in [0.717, 1.165) is 0 Å². The van der Waals surface area contributed by atoms with Gasteiger partial charge in [0.1, 0.15) is 0 Å². The zero-order valence-electron chi connectivity index (χ0n) is 9.18. The summed E-state index contributed by atoms with van der Waals surface area (Å²) in [6.45, 7) is 0.515. The third-order valence-electron chi connectivity index (χ3n) is 2.26. The van der Waals surface area contributed by atoms with Crippen LogP contribution in [0.3, 0.4) is 0 Å². The van der Waals surface area contributed by atoms with Crippen LogP contribution in [0.1, 0.15) is 6.42 Å². The quantitative estimate of drug-likeness (QED) is 0.802. The van der Waals surface area contributed by atoms with Crippen LogP contribution in [0.4, 0.5) is 5.69 Å². The highest BCUT2D eigenvalue weighted by Crippen LogP contribution is 2.34. The lowest BCUT2D eigenvalue weighted by Gasteiger charge is -2.07. The number of nitrogens with two attached hydrogens (primary N) is 1. The van der Waals surface area contributed by atoms with E-state index in [1.54, 1.807) is 18.2 Å². The van der Waals surface area contributed by atoms with Crippen LogP contribution >= 0.6 is 0 Å². The Balaban J connectivity index is 2.09. The van der Waals surface area contributed by atoms with Gasteiger partial charge >= 0.3 is 0 Å². The van der Waals surface area contributed by atoms with Crippen LogP contribution < -0.4 is 19.9 Å². The van der Waals surface area contributed by atoms with Gasteiger partial charge in [-0.1, -0.05) is 0 Å². The maximum atomic E-state index is 11.6. The third-order valence-corrected chi connectivity index (χ3v) is 3.64. The van der Waals surface area contributed by atoms with E-state index in [0.29, 0.717) is 30.2 Å². The van der Waals surface area contributed by atoms with E-state index in [1.165, 1.54) is 0 Å². The number of ether oxygens (including phenoxy) is 2. The largest absolute Gasteiger partial charge is 0.454 e. The molecule has 0 aliphatic carbocycles. The molecule has 1 aromatic rings. The highest BCUT2D eigenvalue weighted by Gasteiger charge is 2.15. The maximum absolute atomic E-state index is 11.6. The van der Waals surface area contributed by atoms with Crippen molar-refractivity contribution >= 4 is 15.7 Å². The Morgan fingerprint density at radius 3 is 2.82 bits per heavy atom. The number of sulfonamides is 1. The SMILES string of the molecule is NCCCS(=O)(=O)Nc1ccc2c(c1)OCO2. The van der Waals surface area contributed by atoms with Crippen molar-refractivity contribution in [3.63, 3.8) is 0 Å². The normalized spacial score (nSPS) is 13.7. The predicted molar refractivity (Wildman–Crippen MR) is 63.6 cm³/mol. The summed E-state index contributed by atoms with van der Waals surface area (Å²) in [6.07, 6.45) is 0.430. The predicted octanol–water partition coefficient (Wildman–Crippen LogP) is 0.506. The molecule has 0 radical (unpaired) electrons. The first kappa shape index (κ1) is 12.0. The molecule has 2 rings (SSSR count). The number of hydrogen-bond acceptors (Lipinski definition) is 5. The Morgan fingerprint density at radius 1 is 1.29 bits per heavy atom. The molecule has 1 aromatic carbocycles. The minimum atomic E-state index is -3.34. The maximum Gasteiger partial charge on any atom is 0.232 e. The molecule has 0 atom stereocenters. The van der Waals surface area contributed by atoms with E-state index in [4.69, 9.17) is 15.2 Å². The monoisotopic (exact) mass is 258 g/mol. The van der Waals surface area contributed by atoms with Crippen molar-refractivity contribution in [3.8, 4) is 11.5 Å². The highest BCUT2D eigenvalue weighted by atomic mass is 32.2. The second kappa shape index (κ2) is 4.80. The van der Waals surface area contributed by atoms with Gasteiger partial charge < -0.3 is 15.2 Å². The molecule has 0 unspecified atom stereocenters. The number of fused-ring (bicyclic) bond motifs is 1. The molecule has 0 fully saturated rings. The molecule has 94 valence electrons. The summed E-state index contributed by atoms with van der Waals surface area (Å²) in [5, 5.41) is 0. The van der Waals surface area contributed by atoms with E-state index in [2.05, 4.69) is 4.72 Å². The van der Waals surface area contributed by atoms with Gasteiger partial charge in [0.25, 0.3) is 0 Å². The summed E-state index contributed by atoms with van der Waals surface area (Å²) in [6, 6.07) is 4.90. The molecule has 1 aliphatic rings. The van der Waals surface area contributed by atoms with Crippen LogP contribution in [-0.4, -0.2) is 27.5 Å². The molecule has 1 aliphatic heterocycles. The average molecular weight is 258 g/mol. The van der Waals surface area contributed by atoms with Gasteiger partial charge in [-0.25, -0.2) is 8.42 Å². The lowest BCUT2D eigenvalue weighted by molar-refractivity contribution is 0.174. The minimum Gasteiger partial charge on any atom is -0.454 e. The first-order valence-electron chi connectivity index (χ1n) is 5.21. The topological polar surface area (TPSA) is 90.7 Å². The van der Waals surface area contributed by atoms with Crippen LogP contribution in [0.15, 0.2) is 18.2 Å². The second-order valence-corrected chi connectivity index (χ2v) is 5.47. The van der Waals surface area contributed by atoms with E-state index in [9.17, 15) is 8.42 Å². The molecule has 17 heavy (non-hydrogen) atoms. The summed E-state index contributed by atoms with van der Waals surface area (Å²) in [5.41, 5.74) is 5.74. The number of hydrogen-bond donors (Lipinski definition) is 2. The van der Waals surface area contributed by atoms with Crippen LogP contribution in [0.5, 0.6) is 11.5 Å². The molecule has 3 N–H and O–H groups in total. The van der Waals surface area contributed by atoms with E-state index < -0.39 is 10.0 Å². The van der Waals surface area contributed by atoms with Crippen LogP contribution in [0.25, 0.3) is 0 Å². The van der Waals surface area contributed by atoms with Crippen molar-refractivity contribution in [2.24, 2.45) is 5.73 Å². The number of anilines is 1. The summed E-state index contributed by atoms with van der Waals surface area (Å²) in [5.74, 6) is 1.18. The van der Waals surface area contributed by atoms with Crippen LogP contribution in [-0.2, 0) is 10.0 Å². The van der Waals surface area contributed by atoms with Crippen LogP contribution in [0, 0.1) is 0 Å². The molecule has 0 amide bonds. The Bertz CT molecular complexity index is 501. The molecular formula is C10H14N2O4S. The summed E-state index contributed by atoms with van der Waals surface area (Å²) in [4.78, 5) is 0. The fourth-order valence-electron chi connectivity index (χ4n) is 1.46. The van der Waals surface area contributed by atoms with Crippen molar-refractivity contribution in [2.45, 2.75) is 6.42 Å². The Kier molecular flexibility index (Phi) is 3.39. The average Bonchev–Trinajstić information content (AvgIpc) is 2.73. The highest BCUT2D eigenvalue weighted by molar-refractivity contribution is 7.92. The van der Waals surface area contributed by atoms with Crippen molar-refractivity contribution in [1.82, 2.24) is 0 Å². The van der Waals surface area contributed by atoms with Crippen LogP contribution in [0.2, 0.25) is 0 Å². The van der Waals surface area contributed by atoms with E-state index >= 15 is 0 Å². The number of rotatable bonds is 5. The Labute approximate surface area is 99.8 Å². The van der Waals surface area contributed by atoms with Gasteiger partial charge in [-0.05, 0) is 25.1 Å². The van der Waals surface area contributed by atoms with Gasteiger partial charge in [0.2, 0.25) is 16.8 Å².